The topological polar surface area (TPSA) is 84.5 Å². The van der Waals surface area contributed by atoms with Gasteiger partial charge >= 0.3 is 0 Å². The summed E-state index contributed by atoms with van der Waals surface area (Å²) in [6, 6.07) is 7.38. The summed E-state index contributed by atoms with van der Waals surface area (Å²) in [4.78, 5) is 12.3. The highest BCUT2D eigenvalue weighted by atomic mass is 32.2. The standard InChI is InChI=1S/C16H24N2O4S/c1-12-10-13(6-7-17-12)16(19)18-14-4-3-5-15(11-14)22-8-9-23(2,20)21/h3-5,11-13,17H,6-10H2,1-2H3,(H,18,19)/t12-,13-/m0/s1. The number of ether oxygens (including phenoxy) is 1. The molecule has 0 spiro atoms. The van der Waals surface area contributed by atoms with Crippen molar-refractivity contribution >= 4 is 21.4 Å². The first kappa shape index (κ1) is 17.7. The number of amides is 1. The van der Waals surface area contributed by atoms with Crippen LogP contribution in [0.5, 0.6) is 5.75 Å². The molecule has 0 aromatic heterocycles. The number of hydrogen-bond acceptors (Lipinski definition) is 5. The molecule has 6 nitrogen and oxygen atoms in total. The summed E-state index contributed by atoms with van der Waals surface area (Å²) in [6.07, 6.45) is 2.84. The van der Waals surface area contributed by atoms with E-state index in [9.17, 15) is 13.2 Å². The average molecular weight is 340 g/mol. The van der Waals surface area contributed by atoms with Gasteiger partial charge in [-0.2, -0.15) is 0 Å². The number of carbonyl (C=O) groups is 1. The summed E-state index contributed by atoms with van der Waals surface area (Å²) in [5.41, 5.74) is 0.665. The van der Waals surface area contributed by atoms with E-state index >= 15 is 0 Å². The van der Waals surface area contributed by atoms with Gasteiger partial charge in [0, 0.05) is 30.0 Å². The number of carbonyl (C=O) groups excluding carboxylic acids is 1. The van der Waals surface area contributed by atoms with Crippen LogP contribution in [-0.4, -0.2) is 45.5 Å². The summed E-state index contributed by atoms with van der Waals surface area (Å²) >= 11 is 0. The van der Waals surface area contributed by atoms with E-state index in [2.05, 4.69) is 17.6 Å². The van der Waals surface area contributed by atoms with Crippen molar-refractivity contribution in [3.63, 3.8) is 0 Å². The fourth-order valence-corrected chi connectivity index (χ4v) is 2.97. The molecular formula is C16H24N2O4S. The predicted octanol–water partition coefficient (Wildman–Crippen LogP) is 1.44. The first-order valence-corrected chi connectivity index (χ1v) is 9.84. The van der Waals surface area contributed by atoms with E-state index in [1.165, 1.54) is 6.26 Å². The maximum Gasteiger partial charge on any atom is 0.227 e. The van der Waals surface area contributed by atoms with Crippen molar-refractivity contribution in [3.8, 4) is 5.75 Å². The monoisotopic (exact) mass is 340 g/mol. The molecule has 1 aromatic rings. The predicted molar refractivity (Wildman–Crippen MR) is 90.5 cm³/mol. The van der Waals surface area contributed by atoms with Crippen molar-refractivity contribution in [1.29, 1.82) is 0 Å². The van der Waals surface area contributed by atoms with E-state index in [1.54, 1.807) is 24.3 Å². The Bertz CT molecular complexity index is 645. The molecule has 23 heavy (non-hydrogen) atoms. The molecule has 2 atom stereocenters. The Morgan fingerprint density at radius 3 is 2.91 bits per heavy atom. The van der Waals surface area contributed by atoms with E-state index in [0.29, 0.717) is 17.5 Å². The molecule has 1 aliphatic rings. The van der Waals surface area contributed by atoms with Crippen molar-refractivity contribution < 1.29 is 17.9 Å². The van der Waals surface area contributed by atoms with Crippen molar-refractivity contribution in [2.75, 3.05) is 30.5 Å². The van der Waals surface area contributed by atoms with Gasteiger partial charge in [-0.25, -0.2) is 8.42 Å². The number of nitrogens with one attached hydrogen (secondary N) is 2. The molecule has 0 radical (unpaired) electrons. The van der Waals surface area contributed by atoms with E-state index < -0.39 is 9.84 Å². The summed E-state index contributed by atoms with van der Waals surface area (Å²) in [6.45, 7) is 3.03. The van der Waals surface area contributed by atoms with E-state index in [-0.39, 0.29) is 24.2 Å². The number of piperidine rings is 1. The third kappa shape index (κ3) is 6.19. The number of rotatable bonds is 6. The normalized spacial score (nSPS) is 21.7. The maximum absolute atomic E-state index is 12.3. The molecule has 1 amide bonds. The minimum atomic E-state index is -3.04. The number of anilines is 1. The van der Waals surface area contributed by atoms with Gasteiger partial charge in [0.05, 0.1) is 5.75 Å². The minimum absolute atomic E-state index is 0.0149. The zero-order valence-corrected chi connectivity index (χ0v) is 14.4. The second-order valence-corrected chi connectivity index (χ2v) is 8.33. The second kappa shape index (κ2) is 7.79. The van der Waals surface area contributed by atoms with Crippen LogP contribution in [0.4, 0.5) is 5.69 Å². The molecule has 2 N–H and O–H groups in total. The zero-order chi connectivity index (χ0) is 16.9. The second-order valence-electron chi connectivity index (χ2n) is 6.07. The van der Waals surface area contributed by atoms with Crippen LogP contribution in [0.3, 0.4) is 0 Å². The molecule has 0 unspecified atom stereocenters. The highest BCUT2D eigenvalue weighted by molar-refractivity contribution is 7.90. The lowest BCUT2D eigenvalue weighted by Gasteiger charge is -2.27. The van der Waals surface area contributed by atoms with Gasteiger partial charge in [-0.1, -0.05) is 6.07 Å². The molecule has 0 bridgehead atoms. The highest BCUT2D eigenvalue weighted by Gasteiger charge is 2.24. The first-order valence-electron chi connectivity index (χ1n) is 7.78. The first-order chi connectivity index (χ1) is 10.8. The summed E-state index contributed by atoms with van der Waals surface area (Å²) < 4.78 is 27.6. The molecule has 1 fully saturated rings. The molecule has 7 heteroatoms. The van der Waals surface area contributed by atoms with Crippen molar-refractivity contribution in [2.24, 2.45) is 5.92 Å². The zero-order valence-electron chi connectivity index (χ0n) is 13.5. The molecule has 1 saturated heterocycles. The fourth-order valence-electron chi connectivity index (χ4n) is 2.59. The van der Waals surface area contributed by atoms with Gasteiger partial charge in [0.25, 0.3) is 0 Å². The largest absolute Gasteiger partial charge is 0.492 e. The quantitative estimate of drug-likeness (QED) is 0.818. The molecule has 0 saturated carbocycles. The lowest BCUT2D eigenvalue weighted by molar-refractivity contribution is -0.120. The van der Waals surface area contributed by atoms with Crippen LogP contribution in [0.2, 0.25) is 0 Å². The summed E-state index contributed by atoms with van der Waals surface area (Å²) in [5, 5.41) is 6.24. The van der Waals surface area contributed by atoms with Gasteiger partial charge in [-0.3, -0.25) is 4.79 Å². The third-order valence-corrected chi connectivity index (χ3v) is 4.73. The van der Waals surface area contributed by atoms with Crippen LogP contribution in [0.15, 0.2) is 24.3 Å². The van der Waals surface area contributed by atoms with Gasteiger partial charge in [0.1, 0.15) is 12.4 Å². The Morgan fingerprint density at radius 2 is 2.22 bits per heavy atom. The molecule has 1 heterocycles. The number of sulfone groups is 1. The van der Waals surface area contributed by atoms with Crippen molar-refractivity contribution in [1.82, 2.24) is 5.32 Å². The van der Waals surface area contributed by atoms with Gasteiger partial charge in [0.15, 0.2) is 9.84 Å². The Kier molecular flexibility index (Phi) is 6.01. The van der Waals surface area contributed by atoms with Crippen molar-refractivity contribution in [2.45, 2.75) is 25.8 Å². The molecule has 2 rings (SSSR count). The molecule has 1 aromatic carbocycles. The van der Waals surface area contributed by atoms with Gasteiger partial charge in [-0.15, -0.1) is 0 Å². The van der Waals surface area contributed by atoms with Crippen LogP contribution in [0.1, 0.15) is 19.8 Å². The molecular weight excluding hydrogens is 316 g/mol. The average Bonchev–Trinajstić information content (AvgIpc) is 2.46. The third-order valence-electron chi connectivity index (χ3n) is 3.82. The van der Waals surface area contributed by atoms with Crippen LogP contribution < -0.4 is 15.4 Å². The highest BCUT2D eigenvalue weighted by Crippen LogP contribution is 2.21. The fraction of sp³-hybridized carbons (Fsp3) is 0.562. The van der Waals surface area contributed by atoms with Crippen LogP contribution in [0, 0.1) is 5.92 Å². The molecule has 1 aliphatic heterocycles. The minimum Gasteiger partial charge on any atom is -0.492 e. The SMILES string of the molecule is C[C@H]1C[C@@H](C(=O)Nc2cccc(OCCS(C)(=O)=O)c2)CCN1. The summed E-state index contributed by atoms with van der Waals surface area (Å²) in [7, 11) is -3.04. The van der Waals surface area contributed by atoms with Crippen LogP contribution >= 0.6 is 0 Å². The Labute approximate surface area is 137 Å². The van der Waals surface area contributed by atoms with Crippen LogP contribution in [0.25, 0.3) is 0 Å². The number of benzene rings is 1. The Morgan fingerprint density at radius 1 is 1.43 bits per heavy atom. The maximum atomic E-state index is 12.3. The van der Waals surface area contributed by atoms with E-state index in [4.69, 9.17) is 4.74 Å². The van der Waals surface area contributed by atoms with Gasteiger partial charge in [-0.05, 0) is 38.4 Å². The smallest absolute Gasteiger partial charge is 0.227 e. The Hall–Kier alpha value is -1.60. The number of hydrogen-bond donors (Lipinski definition) is 2. The van der Waals surface area contributed by atoms with Crippen LogP contribution in [-0.2, 0) is 14.6 Å². The van der Waals surface area contributed by atoms with Crippen molar-refractivity contribution in [3.05, 3.63) is 24.3 Å². The molecule has 0 aliphatic carbocycles. The summed E-state index contributed by atoms with van der Waals surface area (Å²) in [5.74, 6) is 0.550. The van der Waals surface area contributed by atoms with E-state index in [1.807, 2.05) is 0 Å². The van der Waals surface area contributed by atoms with Gasteiger partial charge < -0.3 is 15.4 Å². The van der Waals surface area contributed by atoms with E-state index in [0.717, 1.165) is 19.4 Å². The molecule has 128 valence electrons. The van der Waals surface area contributed by atoms with Gasteiger partial charge in [0.2, 0.25) is 5.91 Å². The lowest BCUT2D eigenvalue weighted by atomic mass is 9.92. The lowest BCUT2D eigenvalue weighted by Crippen LogP contribution is -2.40. The Balaban J connectivity index is 1.90.